The Morgan fingerprint density at radius 2 is 1.95 bits per heavy atom. The van der Waals surface area contributed by atoms with Crippen LogP contribution in [0, 0.1) is 5.82 Å². The van der Waals surface area contributed by atoms with Crippen LogP contribution in [0.25, 0.3) is 0 Å². The van der Waals surface area contributed by atoms with Gasteiger partial charge in [0.15, 0.2) is 0 Å². The van der Waals surface area contributed by atoms with Crippen LogP contribution in [0.5, 0.6) is 5.75 Å². The maximum Gasteiger partial charge on any atom is 0.137 e. The van der Waals surface area contributed by atoms with Crippen molar-refractivity contribution in [3.63, 3.8) is 0 Å². The van der Waals surface area contributed by atoms with E-state index < -0.39 is 0 Å². The second-order valence-corrected chi connectivity index (χ2v) is 5.33. The summed E-state index contributed by atoms with van der Waals surface area (Å²) in [7, 11) is 1.54. The van der Waals surface area contributed by atoms with Gasteiger partial charge in [0.1, 0.15) is 11.6 Å². The fourth-order valence-electron chi connectivity index (χ4n) is 2.23. The molecule has 0 aromatic heterocycles. The molecule has 1 atom stereocenters. The molecule has 0 spiro atoms. The van der Waals surface area contributed by atoms with Gasteiger partial charge in [0.25, 0.3) is 0 Å². The third-order valence-corrected chi connectivity index (χ3v) is 3.85. The number of ether oxygens (including phenoxy) is 1. The van der Waals surface area contributed by atoms with Gasteiger partial charge in [0.2, 0.25) is 0 Å². The standard InChI is InChI=1S/C16H16Cl2FNO/c1-3-20-16(15-12(18)5-4-6-13(15)19)10-7-8-11(17)14(9-10)21-2/h4-9,16,20H,3H2,1-2H3. The summed E-state index contributed by atoms with van der Waals surface area (Å²) in [6, 6.07) is 9.66. The average Bonchev–Trinajstić information content (AvgIpc) is 2.47. The van der Waals surface area contributed by atoms with Gasteiger partial charge in [-0.25, -0.2) is 4.39 Å². The normalized spacial score (nSPS) is 12.2. The molecule has 2 rings (SSSR count). The Hall–Kier alpha value is -1.29. The van der Waals surface area contributed by atoms with E-state index in [1.54, 1.807) is 31.4 Å². The second-order valence-electron chi connectivity index (χ2n) is 4.52. The highest BCUT2D eigenvalue weighted by molar-refractivity contribution is 6.32. The molecule has 2 aromatic rings. The van der Waals surface area contributed by atoms with Crippen molar-refractivity contribution in [3.05, 3.63) is 63.4 Å². The zero-order chi connectivity index (χ0) is 15.4. The molecule has 1 N–H and O–H groups in total. The first-order chi connectivity index (χ1) is 10.1. The summed E-state index contributed by atoms with van der Waals surface area (Å²) in [6.07, 6.45) is 0. The van der Waals surface area contributed by atoms with Gasteiger partial charge in [0.05, 0.1) is 18.2 Å². The van der Waals surface area contributed by atoms with Crippen molar-refractivity contribution in [2.24, 2.45) is 0 Å². The van der Waals surface area contributed by atoms with Crippen molar-refractivity contribution < 1.29 is 9.13 Å². The lowest BCUT2D eigenvalue weighted by atomic mass is 9.97. The molecule has 0 saturated heterocycles. The van der Waals surface area contributed by atoms with Crippen LogP contribution < -0.4 is 10.1 Å². The monoisotopic (exact) mass is 327 g/mol. The number of rotatable bonds is 5. The molecule has 0 saturated carbocycles. The molecule has 21 heavy (non-hydrogen) atoms. The largest absolute Gasteiger partial charge is 0.495 e. The van der Waals surface area contributed by atoms with E-state index in [2.05, 4.69) is 5.32 Å². The Labute approximate surface area is 133 Å². The van der Waals surface area contributed by atoms with Crippen LogP contribution in [0.1, 0.15) is 24.1 Å². The van der Waals surface area contributed by atoms with E-state index in [1.807, 2.05) is 13.0 Å². The van der Waals surface area contributed by atoms with Crippen LogP contribution in [0.2, 0.25) is 10.0 Å². The van der Waals surface area contributed by atoms with Crippen molar-refractivity contribution in [2.45, 2.75) is 13.0 Å². The van der Waals surface area contributed by atoms with Gasteiger partial charge in [-0.2, -0.15) is 0 Å². The highest BCUT2D eigenvalue weighted by Crippen LogP contribution is 2.34. The molecule has 0 bridgehead atoms. The second kappa shape index (κ2) is 7.12. The first-order valence-electron chi connectivity index (χ1n) is 6.59. The SMILES string of the molecule is CCNC(c1ccc(Cl)c(OC)c1)c1c(F)cccc1Cl. The van der Waals surface area contributed by atoms with Gasteiger partial charge < -0.3 is 10.1 Å². The van der Waals surface area contributed by atoms with E-state index in [4.69, 9.17) is 27.9 Å². The van der Waals surface area contributed by atoms with Crippen LogP contribution in [0.3, 0.4) is 0 Å². The number of nitrogens with one attached hydrogen (secondary N) is 1. The van der Waals surface area contributed by atoms with Gasteiger partial charge in [-0.05, 0) is 36.4 Å². The van der Waals surface area contributed by atoms with Gasteiger partial charge >= 0.3 is 0 Å². The summed E-state index contributed by atoms with van der Waals surface area (Å²) in [6.45, 7) is 2.62. The Bertz CT molecular complexity index is 613. The number of hydrogen-bond acceptors (Lipinski definition) is 2. The highest BCUT2D eigenvalue weighted by Gasteiger charge is 2.21. The minimum absolute atomic E-state index is 0.345. The molecule has 2 aromatic carbocycles. The van der Waals surface area contributed by atoms with E-state index in [1.165, 1.54) is 6.07 Å². The maximum atomic E-state index is 14.2. The zero-order valence-electron chi connectivity index (χ0n) is 11.8. The molecule has 0 radical (unpaired) electrons. The summed E-state index contributed by atoms with van der Waals surface area (Å²) in [5.74, 6) is 0.201. The smallest absolute Gasteiger partial charge is 0.137 e. The Balaban J connectivity index is 2.53. The molecule has 1 unspecified atom stereocenters. The quantitative estimate of drug-likeness (QED) is 0.848. The molecule has 2 nitrogen and oxygen atoms in total. The maximum absolute atomic E-state index is 14.2. The molecule has 0 fully saturated rings. The molecule has 0 aliphatic heterocycles. The van der Waals surface area contributed by atoms with Crippen LogP contribution in [0.15, 0.2) is 36.4 Å². The lowest BCUT2D eigenvalue weighted by Crippen LogP contribution is -2.23. The molecule has 0 aliphatic rings. The van der Waals surface area contributed by atoms with Crippen LogP contribution in [-0.2, 0) is 0 Å². The van der Waals surface area contributed by atoms with Gasteiger partial charge in [-0.15, -0.1) is 0 Å². The van der Waals surface area contributed by atoms with E-state index in [0.717, 1.165) is 5.56 Å². The zero-order valence-corrected chi connectivity index (χ0v) is 13.3. The molecule has 112 valence electrons. The lowest BCUT2D eigenvalue weighted by molar-refractivity contribution is 0.413. The van der Waals surface area contributed by atoms with Crippen molar-refractivity contribution in [3.8, 4) is 5.75 Å². The molecule has 0 aliphatic carbocycles. The molecule has 0 amide bonds. The Morgan fingerprint density at radius 1 is 1.19 bits per heavy atom. The van der Waals surface area contributed by atoms with Crippen molar-refractivity contribution in [2.75, 3.05) is 13.7 Å². The fourth-order valence-corrected chi connectivity index (χ4v) is 2.70. The highest BCUT2D eigenvalue weighted by atomic mass is 35.5. The summed E-state index contributed by atoms with van der Waals surface area (Å²) in [4.78, 5) is 0. The summed E-state index contributed by atoms with van der Waals surface area (Å²) >= 11 is 12.2. The van der Waals surface area contributed by atoms with E-state index >= 15 is 0 Å². The van der Waals surface area contributed by atoms with E-state index in [0.29, 0.717) is 27.9 Å². The fraction of sp³-hybridized carbons (Fsp3) is 0.250. The minimum atomic E-state index is -0.366. The van der Waals surface area contributed by atoms with Gasteiger partial charge in [0, 0.05) is 10.6 Å². The van der Waals surface area contributed by atoms with Crippen LogP contribution in [-0.4, -0.2) is 13.7 Å². The third-order valence-electron chi connectivity index (χ3n) is 3.21. The van der Waals surface area contributed by atoms with Crippen LogP contribution in [0.4, 0.5) is 4.39 Å². The van der Waals surface area contributed by atoms with E-state index in [-0.39, 0.29) is 11.9 Å². The minimum Gasteiger partial charge on any atom is -0.495 e. The number of halogens is 3. The Morgan fingerprint density at radius 3 is 2.57 bits per heavy atom. The number of methoxy groups -OCH3 is 1. The summed E-state index contributed by atoms with van der Waals surface area (Å²) < 4.78 is 19.4. The number of hydrogen-bond donors (Lipinski definition) is 1. The van der Waals surface area contributed by atoms with Crippen LogP contribution >= 0.6 is 23.2 Å². The summed E-state index contributed by atoms with van der Waals surface area (Å²) in [5, 5.41) is 4.14. The van der Waals surface area contributed by atoms with Crippen molar-refractivity contribution in [1.82, 2.24) is 5.32 Å². The molecular formula is C16H16Cl2FNO. The van der Waals surface area contributed by atoms with Gasteiger partial charge in [-0.3, -0.25) is 0 Å². The molecule has 5 heteroatoms. The Kier molecular flexibility index (Phi) is 5.45. The molecule has 0 heterocycles. The topological polar surface area (TPSA) is 21.3 Å². The van der Waals surface area contributed by atoms with Crippen molar-refractivity contribution in [1.29, 1.82) is 0 Å². The van der Waals surface area contributed by atoms with Gasteiger partial charge in [-0.1, -0.05) is 42.3 Å². The average molecular weight is 328 g/mol. The summed E-state index contributed by atoms with van der Waals surface area (Å²) in [5.41, 5.74) is 1.26. The lowest BCUT2D eigenvalue weighted by Gasteiger charge is -2.21. The first kappa shape index (κ1) is 16.1. The van der Waals surface area contributed by atoms with Crippen molar-refractivity contribution >= 4 is 23.2 Å². The predicted molar refractivity (Wildman–Crippen MR) is 84.9 cm³/mol. The third kappa shape index (κ3) is 3.49. The van der Waals surface area contributed by atoms with E-state index in [9.17, 15) is 4.39 Å². The molecular weight excluding hydrogens is 312 g/mol. The predicted octanol–water partition coefficient (Wildman–Crippen LogP) is 4.84. The number of benzene rings is 2. The first-order valence-corrected chi connectivity index (χ1v) is 7.34.